The molecule has 6 aromatic rings. The van der Waals surface area contributed by atoms with E-state index in [-0.39, 0.29) is 0 Å². The number of rotatable bonds is 21. The second kappa shape index (κ2) is 20.4. The Balaban J connectivity index is 1.16. The van der Waals surface area contributed by atoms with Gasteiger partial charge in [-0.05, 0) is 109 Å². The van der Waals surface area contributed by atoms with E-state index in [1.807, 2.05) is 84.9 Å². The zero-order valence-electron chi connectivity index (χ0n) is 31.2. The molecule has 0 aliphatic rings. The van der Waals surface area contributed by atoms with Crippen LogP contribution >= 0.6 is 31.9 Å². The summed E-state index contributed by atoms with van der Waals surface area (Å²) in [4.78, 5) is 0. The number of hydrogen-bond donors (Lipinski definition) is 0. The van der Waals surface area contributed by atoms with Crippen LogP contribution in [0.5, 0.6) is 11.5 Å². The van der Waals surface area contributed by atoms with E-state index in [4.69, 9.17) is 18.3 Å². The van der Waals surface area contributed by atoms with Crippen molar-refractivity contribution in [1.82, 2.24) is 20.4 Å². The number of aromatic nitrogens is 4. The summed E-state index contributed by atoms with van der Waals surface area (Å²) in [5.74, 6) is 3.33. The highest BCUT2D eigenvalue weighted by molar-refractivity contribution is 9.11. The van der Waals surface area contributed by atoms with Gasteiger partial charge in [0, 0.05) is 31.2 Å². The van der Waals surface area contributed by atoms with Crippen molar-refractivity contribution in [3.8, 4) is 68.4 Å². The van der Waals surface area contributed by atoms with Crippen molar-refractivity contribution in [2.24, 2.45) is 0 Å². The lowest BCUT2D eigenvalue weighted by Gasteiger charge is -2.10. The van der Waals surface area contributed by atoms with Gasteiger partial charge in [-0.25, -0.2) is 0 Å². The Morgan fingerprint density at radius 1 is 0.426 bits per heavy atom. The molecular weight excluding hydrogens is 808 g/mol. The van der Waals surface area contributed by atoms with Gasteiger partial charge in [-0.3, -0.25) is 0 Å². The van der Waals surface area contributed by atoms with Gasteiger partial charge in [0.1, 0.15) is 11.5 Å². The molecule has 0 radical (unpaired) electrons. The Kier molecular flexibility index (Phi) is 14.9. The highest BCUT2D eigenvalue weighted by Gasteiger charge is 2.19. The fraction of sp³-hybridized carbons (Fsp3) is 0.364. The molecule has 0 aliphatic carbocycles. The molecule has 54 heavy (non-hydrogen) atoms. The summed E-state index contributed by atoms with van der Waals surface area (Å²) in [5.41, 5.74) is 4.99. The zero-order valence-corrected chi connectivity index (χ0v) is 34.3. The van der Waals surface area contributed by atoms with Crippen molar-refractivity contribution in [1.29, 1.82) is 0 Å². The first-order valence-electron chi connectivity index (χ1n) is 19.3. The normalized spacial score (nSPS) is 11.3. The molecule has 0 amide bonds. The predicted molar refractivity (Wildman–Crippen MR) is 222 cm³/mol. The van der Waals surface area contributed by atoms with Crippen LogP contribution in [0.3, 0.4) is 0 Å². The lowest BCUT2D eigenvalue weighted by molar-refractivity contribution is 0.304. The van der Waals surface area contributed by atoms with E-state index in [9.17, 15) is 0 Å². The van der Waals surface area contributed by atoms with E-state index in [2.05, 4.69) is 66.1 Å². The van der Waals surface area contributed by atoms with E-state index >= 15 is 0 Å². The van der Waals surface area contributed by atoms with Gasteiger partial charge in [0.25, 0.3) is 0 Å². The van der Waals surface area contributed by atoms with Crippen molar-refractivity contribution in [3.05, 3.63) is 93.9 Å². The standard InChI is InChI=1S/C44H48Br2N4O4/c1-3-5-7-9-11-13-25-51-37-20-15-31(16-21-37)41-47-49-43(53-41)33-19-24-39(40(29-33)34-27-35(45)30-36(46)28-34)44-50-48-42(54-44)32-17-22-38(23-18-32)52-26-14-12-10-8-6-4-2/h15-24,27-30H,3-14,25-26H2,1-2H3. The lowest BCUT2D eigenvalue weighted by atomic mass is 9.97. The lowest BCUT2D eigenvalue weighted by Crippen LogP contribution is -1.97. The van der Waals surface area contributed by atoms with Crippen molar-refractivity contribution >= 4 is 31.9 Å². The molecule has 10 heteroatoms. The molecular formula is C44H48Br2N4O4. The maximum atomic E-state index is 6.28. The Hall–Kier alpha value is -4.28. The first-order valence-corrected chi connectivity index (χ1v) is 20.8. The van der Waals surface area contributed by atoms with Crippen LogP contribution in [-0.2, 0) is 0 Å². The zero-order chi connectivity index (χ0) is 37.5. The molecule has 6 rings (SSSR count). The van der Waals surface area contributed by atoms with Crippen LogP contribution in [0.2, 0.25) is 0 Å². The van der Waals surface area contributed by atoms with Crippen LogP contribution in [0.4, 0.5) is 0 Å². The second-order valence-electron chi connectivity index (χ2n) is 13.5. The molecule has 282 valence electrons. The van der Waals surface area contributed by atoms with Crippen LogP contribution in [0, 0.1) is 0 Å². The van der Waals surface area contributed by atoms with Gasteiger partial charge in [-0.1, -0.05) is 110 Å². The third-order valence-corrected chi connectivity index (χ3v) is 10.2. The fourth-order valence-corrected chi connectivity index (χ4v) is 7.54. The van der Waals surface area contributed by atoms with Crippen LogP contribution in [0.25, 0.3) is 56.9 Å². The van der Waals surface area contributed by atoms with Gasteiger partial charge in [0.05, 0.1) is 13.2 Å². The Labute approximate surface area is 335 Å². The maximum Gasteiger partial charge on any atom is 0.248 e. The molecule has 0 unspecified atom stereocenters. The number of ether oxygens (including phenoxy) is 2. The van der Waals surface area contributed by atoms with Gasteiger partial charge in [-0.2, -0.15) is 0 Å². The van der Waals surface area contributed by atoms with E-state index in [1.54, 1.807) is 0 Å². The SMILES string of the molecule is CCCCCCCCOc1ccc(-c2nnc(-c3ccc(-c4nnc(-c5ccc(OCCCCCCCC)cc5)o4)c(-c4cc(Br)cc(Br)c4)c3)o2)cc1. The number of nitrogens with zero attached hydrogens (tertiary/aromatic N) is 4. The summed E-state index contributed by atoms with van der Waals surface area (Å²) in [6.07, 6.45) is 14.8. The smallest absolute Gasteiger partial charge is 0.248 e. The fourth-order valence-electron chi connectivity index (χ4n) is 6.25. The summed E-state index contributed by atoms with van der Waals surface area (Å²) in [7, 11) is 0. The molecule has 0 saturated carbocycles. The van der Waals surface area contributed by atoms with Gasteiger partial charge >= 0.3 is 0 Å². The Bertz CT molecular complexity index is 2020. The highest BCUT2D eigenvalue weighted by atomic mass is 79.9. The van der Waals surface area contributed by atoms with E-state index in [1.165, 1.54) is 64.2 Å². The third-order valence-electron chi connectivity index (χ3n) is 9.26. The molecule has 0 spiro atoms. The second-order valence-corrected chi connectivity index (χ2v) is 15.4. The molecule has 0 bridgehead atoms. The Morgan fingerprint density at radius 3 is 1.37 bits per heavy atom. The molecule has 8 nitrogen and oxygen atoms in total. The van der Waals surface area contributed by atoms with Crippen LogP contribution in [-0.4, -0.2) is 33.6 Å². The largest absolute Gasteiger partial charge is 0.494 e. The average Bonchev–Trinajstić information content (AvgIpc) is 3.89. The number of benzene rings is 4. The number of halogens is 2. The minimum absolute atomic E-state index is 0.399. The molecule has 4 aromatic carbocycles. The molecule has 0 aliphatic heterocycles. The molecule has 0 atom stereocenters. The molecule has 0 fully saturated rings. The van der Waals surface area contributed by atoms with Crippen LogP contribution in [0.15, 0.2) is 103 Å². The molecule has 0 saturated heterocycles. The van der Waals surface area contributed by atoms with Crippen LogP contribution < -0.4 is 9.47 Å². The minimum Gasteiger partial charge on any atom is -0.494 e. The van der Waals surface area contributed by atoms with E-state index < -0.39 is 0 Å². The monoisotopic (exact) mass is 854 g/mol. The number of hydrogen-bond acceptors (Lipinski definition) is 8. The van der Waals surface area contributed by atoms with Gasteiger partial charge < -0.3 is 18.3 Å². The van der Waals surface area contributed by atoms with Gasteiger partial charge in [0.15, 0.2) is 0 Å². The molecule has 2 aromatic heterocycles. The first kappa shape index (κ1) is 39.4. The van der Waals surface area contributed by atoms with E-state index in [0.717, 1.165) is 73.3 Å². The first-order chi connectivity index (χ1) is 26.5. The molecule has 2 heterocycles. The summed E-state index contributed by atoms with van der Waals surface area (Å²) >= 11 is 7.30. The molecule has 0 N–H and O–H groups in total. The van der Waals surface area contributed by atoms with E-state index in [0.29, 0.717) is 30.2 Å². The van der Waals surface area contributed by atoms with Crippen LogP contribution in [0.1, 0.15) is 90.9 Å². The predicted octanol–water partition coefficient (Wildman–Crippen LogP) is 13.8. The summed E-state index contributed by atoms with van der Waals surface area (Å²) < 4.78 is 26.3. The van der Waals surface area contributed by atoms with Crippen molar-refractivity contribution in [3.63, 3.8) is 0 Å². The van der Waals surface area contributed by atoms with Gasteiger partial charge in [-0.15, -0.1) is 20.4 Å². The quantitative estimate of drug-likeness (QED) is 0.0661. The summed E-state index contributed by atoms with van der Waals surface area (Å²) in [6, 6.07) is 27.6. The topological polar surface area (TPSA) is 96.3 Å². The van der Waals surface area contributed by atoms with Crippen molar-refractivity contribution < 1.29 is 18.3 Å². The average molecular weight is 857 g/mol. The van der Waals surface area contributed by atoms with Crippen molar-refractivity contribution in [2.45, 2.75) is 90.9 Å². The van der Waals surface area contributed by atoms with Gasteiger partial charge in [0.2, 0.25) is 23.6 Å². The summed E-state index contributed by atoms with van der Waals surface area (Å²) in [6.45, 7) is 5.91. The maximum absolute atomic E-state index is 6.28. The summed E-state index contributed by atoms with van der Waals surface area (Å²) in [5, 5.41) is 17.7. The Morgan fingerprint density at radius 2 is 0.852 bits per heavy atom. The van der Waals surface area contributed by atoms with Crippen molar-refractivity contribution in [2.75, 3.05) is 13.2 Å². The minimum atomic E-state index is 0.399. The highest BCUT2D eigenvalue weighted by Crippen LogP contribution is 2.39. The third kappa shape index (κ3) is 11.1. The number of unbranched alkanes of at least 4 members (excludes halogenated alkanes) is 10.